The molecule has 1 heterocycles. The number of nitrogens with two attached hydrogens (primary N) is 1. The first kappa shape index (κ1) is 11.9. The SMILES string of the molecule is Cc1cc(N)c(Cl)cc1N(C)Cc1ccco1. The number of furan rings is 1. The van der Waals surface area contributed by atoms with E-state index in [1.54, 1.807) is 6.26 Å². The Hall–Kier alpha value is -1.61. The maximum absolute atomic E-state index is 6.04. The van der Waals surface area contributed by atoms with Crippen LogP contribution in [0.1, 0.15) is 11.3 Å². The summed E-state index contributed by atoms with van der Waals surface area (Å²) in [7, 11) is 2.00. The summed E-state index contributed by atoms with van der Waals surface area (Å²) in [6.07, 6.45) is 1.67. The second-order valence-corrected chi connectivity index (χ2v) is 4.50. The molecule has 0 radical (unpaired) electrons. The van der Waals surface area contributed by atoms with Crippen molar-refractivity contribution < 1.29 is 4.42 Å². The molecule has 90 valence electrons. The minimum absolute atomic E-state index is 0.580. The van der Waals surface area contributed by atoms with E-state index in [1.165, 1.54) is 0 Å². The molecule has 0 atom stereocenters. The second-order valence-electron chi connectivity index (χ2n) is 4.10. The number of halogens is 1. The standard InChI is InChI=1S/C13H15ClN2O/c1-9-6-12(15)11(14)7-13(9)16(2)8-10-4-3-5-17-10/h3-7H,8,15H2,1-2H3. The number of hydrogen-bond donors (Lipinski definition) is 1. The molecular formula is C13H15ClN2O. The number of nitrogens with zero attached hydrogens (tertiary/aromatic N) is 1. The Morgan fingerprint density at radius 2 is 2.18 bits per heavy atom. The summed E-state index contributed by atoms with van der Waals surface area (Å²) in [6, 6.07) is 7.60. The first-order valence-corrected chi connectivity index (χ1v) is 5.75. The third-order valence-corrected chi connectivity index (χ3v) is 3.03. The fraction of sp³-hybridized carbons (Fsp3) is 0.231. The fourth-order valence-corrected chi connectivity index (χ4v) is 1.98. The Morgan fingerprint density at radius 3 is 2.82 bits per heavy atom. The largest absolute Gasteiger partial charge is 0.467 e. The molecule has 3 nitrogen and oxygen atoms in total. The van der Waals surface area contributed by atoms with E-state index in [0.29, 0.717) is 17.3 Å². The number of anilines is 2. The van der Waals surface area contributed by atoms with E-state index >= 15 is 0 Å². The third-order valence-electron chi connectivity index (χ3n) is 2.70. The van der Waals surface area contributed by atoms with Gasteiger partial charge in [-0.05, 0) is 36.8 Å². The van der Waals surface area contributed by atoms with Gasteiger partial charge in [-0.15, -0.1) is 0 Å². The maximum atomic E-state index is 6.04. The molecule has 0 spiro atoms. The highest BCUT2D eigenvalue weighted by Gasteiger charge is 2.09. The number of hydrogen-bond acceptors (Lipinski definition) is 3. The lowest BCUT2D eigenvalue weighted by Crippen LogP contribution is -2.17. The van der Waals surface area contributed by atoms with Crippen LogP contribution in [0.5, 0.6) is 0 Å². The Morgan fingerprint density at radius 1 is 1.41 bits per heavy atom. The van der Waals surface area contributed by atoms with Crippen LogP contribution in [0.15, 0.2) is 34.9 Å². The van der Waals surface area contributed by atoms with Crippen LogP contribution < -0.4 is 10.6 Å². The summed E-state index contributed by atoms with van der Waals surface area (Å²) in [5, 5.41) is 0.580. The van der Waals surface area contributed by atoms with Crippen molar-refractivity contribution in [2.75, 3.05) is 17.7 Å². The van der Waals surface area contributed by atoms with Gasteiger partial charge >= 0.3 is 0 Å². The van der Waals surface area contributed by atoms with E-state index in [4.69, 9.17) is 21.8 Å². The molecule has 2 rings (SSSR count). The van der Waals surface area contributed by atoms with E-state index in [0.717, 1.165) is 17.0 Å². The smallest absolute Gasteiger partial charge is 0.123 e. The van der Waals surface area contributed by atoms with E-state index in [2.05, 4.69) is 4.90 Å². The van der Waals surface area contributed by atoms with Crippen molar-refractivity contribution >= 4 is 23.0 Å². The maximum Gasteiger partial charge on any atom is 0.123 e. The molecule has 0 aliphatic carbocycles. The van der Waals surface area contributed by atoms with Gasteiger partial charge in [-0.25, -0.2) is 0 Å². The molecule has 2 aromatic rings. The molecule has 0 saturated carbocycles. The van der Waals surface area contributed by atoms with Gasteiger partial charge in [-0.2, -0.15) is 0 Å². The van der Waals surface area contributed by atoms with Crippen molar-refractivity contribution in [1.82, 2.24) is 0 Å². The molecule has 0 amide bonds. The zero-order chi connectivity index (χ0) is 12.4. The zero-order valence-electron chi connectivity index (χ0n) is 9.90. The summed E-state index contributed by atoms with van der Waals surface area (Å²) < 4.78 is 5.32. The predicted molar refractivity (Wildman–Crippen MR) is 71.4 cm³/mol. The number of benzene rings is 1. The van der Waals surface area contributed by atoms with Crippen LogP contribution in [0.25, 0.3) is 0 Å². The molecule has 0 fully saturated rings. The molecule has 0 unspecified atom stereocenters. The molecule has 0 saturated heterocycles. The highest BCUT2D eigenvalue weighted by molar-refractivity contribution is 6.33. The average molecular weight is 251 g/mol. The van der Waals surface area contributed by atoms with Crippen molar-refractivity contribution in [1.29, 1.82) is 0 Å². The zero-order valence-corrected chi connectivity index (χ0v) is 10.7. The van der Waals surface area contributed by atoms with Gasteiger partial charge in [0.15, 0.2) is 0 Å². The molecule has 4 heteroatoms. The molecular weight excluding hydrogens is 236 g/mol. The summed E-state index contributed by atoms with van der Waals surface area (Å²) >= 11 is 6.04. The molecule has 1 aromatic carbocycles. The van der Waals surface area contributed by atoms with Crippen LogP contribution in [-0.4, -0.2) is 7.05 Å². The molecule has 0 aliphatic heterocycles. The molecule has 1 aromatic heterocycles. The van der Waals surface area contributed by atoms with Crippen LogP contribution in [0.2, 0.25) is 5.02 Å². The first-order valence-electron chi connectivity index (χ1n) is 5.37. The van der Waals surface area contributed by atoms with Gasteiger partial charge < -0.3 is 15.1 Å². The van der Waals surface area contributed by atoms with E-state index < -0.39 is 0 Å². The summed E-state index contributed by atoms with van der Waals surface area (Å²) in [6.45, 7) is 2.72. The summed E-state index contributed by atoms with van der Waals surface area (Å²) in [5.74, 6) is 0.917. The Labute approximate surface area is 106 Å². The van der Waals surface area contributed by atoms with Crippen molar-refractivity contribution in [3.05, 3.63) is 46.9 Å². The van der Waals surface area contributed by atoms with Crippen molar-refractivity contribution in [3.8, 4) is 0 Å². The normalized spacial score (nSPS) is 10.5. The van der Waals surface area contributed by atoms with Gasteiger partial charge in [0.25, 0.3) is 0 Å². The minimum atomic E-state index is 0.580. The number of aryl methyl sites for hydroxylation is 1. The van der Waals surface area contributed by atoms with E-state index in [9.17, 15) is 0 Å². The lowest BCUT2D eigenvalue weighted by molar-refractivity contribution is 0.507. The Balaban J connectivity index is 2.24. The Bertz CT molecular complexity index is 508. The van der Waals surface area contributed by atoms with E-state index in [1.807, 2.05) is 38.2 Å². The van der Waals surface area contributed by atoms with Gasteiger partial charge in [0.05, 0.1) is 23.5 Å². The number of nitrogen functional groups attached to an aromatic ring is 1. The lowest BCUT2D eigenvalue weighted by Gasteiger charge is -2.21. The fourth-order valence-electron chi connectivity index (χ4n) is 1.83. The van der Waals surface area contributed by atoms with Gasteiger partial charge in [-0.3, -0.25) is 0 Å². The highest BCUT2D eigenvalue weighted by atomic mass is 35.5. The van der Waals surface area contributed by atoms with Crippen molar-refractivity contribution in [2.24, 2.45) is 0 Å². The average Bonchev–Trinajstić information content (AvgIpc) is 2.76. The molecule has 0 bridgehead atoms. The molecule has 17 heavy (non-hydrogen) atoms. The lowest BCUT2D eigenvalue weighted by atomic mass is 10.1. The first-order chi connectivity index (χ1) is 8.08. The quantitative estimate of drug-likeness (QED) is 0.849. The monoisotopic (exact) mass is 250 g/mol. The third kappa shape index (κ3) is 2.56. The summed E-state index contributed by atoms with van der Waals surface area (Å²) in [5.41, 5.74) is 8.52. The van der Waals surface area contributed by atoms with Gasteiger partial charge in [0, 0.05) is 12.7 Å². The van der Waals surface area contributed by atoms with Gasteiger partial charge in [0.1, 0.15) is 5.76 Å². The molecule has 2 N–H and O–H groups in total. The van der Waals surface area contributed by atoms with Gasteiger partial charge in [-0.1, -0.05) is 11.6 Å². The van der Waals surface area contributed by atoms with Gasteiger partial charge in [0.2, 0.25) is 0 Å². The van der Waals surface area contributed by atoms with E-state index in [-0.39, 0.29) is 0 Å². The Kier molecular flexibility index (Phi) is 3.29. The topological polar surface area (TPSA) is 42.4 Å². The van der Waals surface area contributed by atoms with Crippen LogP contribution in [0.3, 0.4) is 0 Å². The molecule has 0 aliphatic rings. The van der Waals surface area contributed by atoms with Crippen LogP contribution in [-0.2, 0) is 6.54 Å². The van der Waals surface area contributed by atoms with Crippen LogP contribution in [0.4, 0.5) is 11.4 Å². The van der Waals surface area contributed by atoms with Crippen molar-refractivity contribution in [3.63, 3.8) is 0 Å². The van der Waals surface area contributed by atoms with Crippen LogP contribution >= 0.6 is 11.6 Å². The minimum Gasteiger partial charge on any atom is -0.467 e. The highest BCUT2D eigenvalue weighted by Crippen LogP contribution is 2.29. The van der Waals surface area contributed by atoms with Crippen molar-refractivity contribution in [2.45, 2.75) is 13.5 Å². The second kappa shape index (κ2) is 4.72. The van der Waals surface area contributed by atoms with Crippen LogP contribution in [0, 0.1) is 6.92 Å². The predicted octanol–water partition coefficient (Wildman–Crippen LogP) is 3.46. The number of rotatable bonds is 3. The summed E-state index contributed by atoms with van der Waals surface area (Å²) in [4.78, 5) is 2.08.